The van der Waals surface area contributed by atoms with Gasteiger partial charge in [0.05, 0.1) is 13.2 Å². The fourth-order valence-electron chi connectivity index (χ4n) is 2.14. The van der Waals surface area contributed by atoms with Crippen LogP contribution in [-0.4, -0.2) is 50.1 Å². The second-order valence-corrected chi connectivity index (χ2v) is 5.03. The second-order valence-electron chi connectivity index (χ2n) is 5.03. The van der Waals surface area contributed by atoms with Crippen molar-refractivity contribution < 1.29 is 41.7 Å². The standard InChI is InChI=1S/C13H15F3O6/c1-12(21-4-5-22-12)3-2-9-10(8(17)6-19-9)11(18)20-7-13(14,15)16/h2-7H2,1H3. The number of alkyl halides is 3. The minimum Gasteiger partial charge on any atom is -0.489 e. The number of carbonyl (C=O) groups is 2. The average Bonchev–Trinajstić information content (AvgIpc) is 3.00. The molecule has 1 saturated heterocycles. The fraction of sp³-hybridized carbons (Fsp3) is 0.692. The summed E-state index contributed by atoms with van der Waals surface area (Å²) < 4.78 is 56.1. The number of halogens is 3. The van der Waals surface area contributed by atoms with Crippen LogP contribution in [0.4, 0.5) is 13.2 Å². The van der Waals surface area contributed by atoms with Crippen molar-refractivity contribution in [1.29, 1.82) is 0 Å². The van der Waals surface area contributed by atoms with E-state index in [-0.39, 0.29) is 18.8 Å². The molecule has 9 heteroatoms. The molecule has 1 fully saturated rings. The van der Waals surface area contributed by atoms with Gasteiger partial charge in [0, 0.05) is 12.8 Å². The van der Waals surface area contributed by atoms with Crippen LogP contribution in [0.5, 0.6) is 0 Å². The van der Waals surface area contributed by atoms with Crippen molar-refractivity contribution in [3.05, 3.63) is 11.3 Å². The summed E-state index contributed by atoms with van der Waals surface area (Å²) >= 11 is 0. The third-order valence-electron chi connectivity index (χ3n) is 3.21. The van der Waals surface area contributed by atoms with Gasteiger partial charge in [0.1, 0.15) is 11.3 Å². The van der Waals surface area contributed by atoms with Crippen molar-refractivity contribution in [1.82, 2.24) is 0 Å². The number of hydrogen-bond donors (Lipinski definition) is 0. The lowest BCUT2D eigenvalue weighted by atomic mass is 10.1. The molecule has 0 aromatic rings. The molecule has 2 aliphatic heterocycles. The van der Waals surface area contributed by atoms with Gasteiger partial charge >= 0.3 is 12.1 Å². The number of ether oxygens (including phenoxy) is 4. The summed E-state index contributed by atoms with van der Waals surface area (Å²) in [5.41, 5.74) is -0.467. The predicted octanol–water partition coefficient (Wildman–Crippen LogP) is 1.49. The van der Waals surface area contributed by atoms with Crippen LogP contribution in [0.15, 0.2) is 11.3 Å². The summed E-state index contributed by atoms with van der Waals surface area (Å²) in [6.07, 6.45) is -4.23. The second kappa shape index (κ2) is 6.25. The van der Waals surface area contributed by atoms with Gasteiger partial charge in [-0.3, -0.25) is 4.79 Å². The first-order chi connectivity index (χ1) is 10.2. The van der Waals surface area contributed by atoms with Gasteiger partial charge in [-0.25, -0.2) is 4.79 Å². The van der Waals surface area contributed by atoms with Crippen LogP contribution in [0, 0.1) is 0 Å². The van der Waals surface area contributed by atoms with Crippen molar-refractivity contribution in [2.24, 2.45) is 0 Å². The molecule has 0 aromatic heterocycles. The van der Waals surface area contributed by atoms with E-state index in [1.165, 1.54) is 0 Å². The molecule has 0 unspecified atom stereocenters. The highest BCUT2D eigenvalue weighted by molar-refractivity contribution is 6.19. The molecule has 124 valence electrons. The molecule has 0 radical (unpaired) electrons. The predicted molar refractivity (Wildman–Crippen MR) is 64.5 cm³/mol. The third kappa shape index (κ3) is 4.20. The maximum Gasteiger partial charge on any atom is 0.422 e. The van der Waals surface area contributed by atoms with Crippen LogP contribution < -0.4 is 0 Å². The van der Waals surface area contributed by atoms with E-state index in [1.807, 2.05) is 0 Å². The van der Waals surface area contributed by atoms with Gasteiger partial charge in [0.2, 0.25) is 5.78 Å². The molecule has 2 rings (SSSR count). The third-order valence-corrected chi connectivity index (χ3v) is 3.21. The lowest BCUT2D eigenvalue weighted by molar-refractivity contribution is -0.183. The molecule has 2 aliphatic rings. The Morgan fingerprint density at radius 1 is 1.32 bits per heavy atom. The maximum absolute atomic E-state index is 12.1. The van der Waals surface area contributed by atoms with Crippen molar-refractivity contribution in [3.8, 4) is 0 Å². The fourth-order valence-corrected chi connectivity index (χ4v) is 2.14. The van der Waals surface area contributed by atoms with E-state index in [1.54, 1.807) is 6.92 Å². The topological polar surface area (TPSA) is 71.1 Å². The molecule has 22 heavy (non-hydrogen) atoms. The highest BCUT2D eigenvalue weighted by Gasteiger charge is 2.37. The number of ketones is 1. The number of carbonyl (C=O) groups excluding carboxylic acids is 2. The molecule has 0 saturated carbocycles. The number of hydrogen-bond acceptors (Lipinski definition) is 6. The summed E-state index contributed by atoms with van der Waals surface area (Å²) in [7, 11) is 0. The smallest absolute Gasteiger partial charge is 0.422 e. The minimum absolute atomic E-state index is 0.0116. The van der Waals surface area contributed by atoms with Gasteiger partial charge in [-0.1, -0.05) is 0 Å². The van der Waals surface area contributed by atoms with Gasteiger partial charge in [0.15, 0.2) is 19.0 Å². The van der Waals surface area contributed by atoms with E-state index < -0.39 is 35.9 Å². The summed E-state index contributed by atoms with van der Waals surface area (Å²) in [6, 6.07) is 0. The summed E-state index contributed by atoms with van der Waals surface area (Å²) in [5.74, 6) is -2.87. The van der Waals surface area contributed by atoms with Gasteiger partial charge in [0.25, 0.3) is 0 Å². The molecule has 6 nitrogen and oxygen atoms in total. The number of rotatable bonds is 5. The van der Waals surface area contributed by atoms with Crippen LogP contribution in [0.3, 0.4) is 0 Å². The van der Waals surface area contributed by atoms with E-state index >= 15 is 0 Å². The Kier molecular flexibility index (Phi) is 4.76. The number of allylic oxidation sites excluding steroid dienone is 1. The van der Waals surface area contributed by atoms with Crippen molar-refractivity contribution >= 4 is 11.8 Å². The molecule has 0 spiro atoms. The quantitative estimate of drug-likeness (QED) is 0.564. The maximum atomic E-state index is 12.1. The Morgan fingerprint density at radius 2 is 1.95 bits per heavy atom. The monoisotopic (exact) mass is 324 g/mol. The zero-order valence-electron chi connectivity index (χ0n) is 11.8. The lowest BCUT2D eigenvalue weighted by Gasteiger charge is -2.22. The van der Waals surface area contributed by atoms with E-state index in [0.29, 0.717) is 19.6 Å². The van der Waals surface area contributed by atoms with Crippen LogP contribution >= 0.6 is 0 Å². The normalized spacial score (nSPS) is 21.2. The van der Waals surface area contributed by atoms with Gasteiger partial charge in [-0.15, -0.1) is 0 Å². The van der Waals surface area contributed by atoms with E-state index in [2.05, 4.69) is 4.74 Å². The Hall–Kier alpha value is -1.61. The summed E-state index contributed by atoms with van der Waals surface area (Å²) in [6.45, 7) is 0.411. The van der Waals surface area contributed by atoms with E-state index in [0.717, 1.165) is 0 Å². The summed E-state index contributed by atoms with van der Waals surface area (Å²) in [5, 5.41) is 0. The Balaban J connectivity index is 2.01. The van der Waals surface area contributed by atoms with Crippen LogP contribution in [0.25, 0.3) is 0 Å². The largest absolute Gasteiger partial charge is 0.489 e. The molecule has 0 N–H and O–H groups in total. The Labute approximate surface area is 124 Å². The van der Waals surface area contributed by atoms with E-state index in [9.17, 15) is 22.8 Å². The molecule has 0 aromatic carbocycles. The van der Waals surface area contributed by atoms with Crippen LogP contribution in [-0.2, 0) is 28.5 Å². The molecular weight excluding hydrogens is 309 g/mol. The lowest BCUT2D eigenvalue weighted by Crippen LogP contribution is -2.26. The number of esters is 1. The van der Waals surface area contributed by atoms with Crippen molar-refractivity contribution in [3.63, 3.8) is 0 Å². The summed E-state index contributed by atoms with van der Waals surface area (Å²) in [4.78, 5) is 23.2. The molecule has 0 aliphatic carbocycles. The molecule has 0 bridgehead atoms. The molecular formula is C13H15F3O6. The first-order valence-electron chi connectivity index (χ1n) is 6.61. The average molecular weight is 324 g/mol. The zero-order valence-corrected chi connectivity index (χ0v) is 11.8. The number of Topliss-reactive ketones (excluding diaryl/α,β-unsaturated/α-hetero) is 1. The first kappa shape index (κ1) is 16.8. The molecule has 0 amide bonds. The van der Waals surface area contributed by atoms with Gasteiger partial charge in [-0.05, 0) is 6.92 Å². The van der Waals surface area contributed by atoms with Gasteiger partial charge < -0.3 is 18.9 Å². The Bertz CT molecular complexity index is 490. The Morgan fingerprint density at radius 3 is 2.55 bits per heavy atom. The van der Waals surface area contributed by atoms with Crippen LogP contribution in [0.2, 0.25) is 0 Å². The first-order valence-corrected chi connectivity index (χ1v) is 6.61. The van der Waals surface area contributed by atoms with Crippen molar-refractivity contribution in [2.75, 3.05) is 26.4 Å². The molecule has 2 heterocycles. The van der Waals surface area contributed by atoms with Gasteiger partial charge in [-0.2, -0.15) is 13.2 Å². The van der Waals surface area contributed by atoms with E-state index in [4.69, 9.17) is 14.2 Å². The molecule has 0 atom stereocenters. The highest BCUT2D eigenvalue weighted by Crippen LogP contribution is 2.30. The van der Waals surface area contributed by atoms with Crippen LogP contribution in [0.1, 0.15) is 19.8 Å². The zero-order chi connectivity index (χ0) is 16.4. The minimum atomic E-state index is -4.65. The highest BCUT2D eigenvalue weighted by atomic mass is 19.4. The SMILES string of the molecule is CC1(CCC2=C(C(=O)OCC(F)(F)F)C(=O)CO2)OCCO1. The van der Waals surface area contributed by atoms with Crippen molar-refractivity contribution in [2.45, 2.75) is 31.7 Å².